The summed E-state index contributed by atoms with van der Waals surface area (Å²) >= 11 is 0. The fraction of sp³-hybridized carbons (Fsp3) is 0.692. The Morgan fingerprint density at radius 2 is 1.72 bits per heavy atom. The maximum absolute atomic E-state index is 11.8. The van der Waals surface area contributed by atoms with Gasteiger partial charge in [-0.15, -0.1) is 0 Å². The van der Waals surface area contributed by atoms with Gasteiger partial charge in [0.15, 0.2) is 0 Å². The van der Waals surface area contributed by atoms with Gasteiger partial charge >= 0.3 is 11.9 Å². The summed E-state index contributed by atoms with van der Waals surface area (Å²) in [4.78, 5) is 23.0. The SMILES string of the molecule is CCOC(=O)CC/C(C(=O)OC(C)(C)C)=C(/C)O. The van der Waals surface area contributed by atoms with E-state index in [0.717, 1.165) is 0 Å². The minimum absolute atomic E-state index is 0.0420. The number of aliphatic hydroxyl groups excluding tert-OH is 1. The van der Waals surface area contributed by atoms with Crippen LogP contribution < -0.4 is 0 Å². The van der Waals surface area contributed by atoms with Crippen molar-refractivity contribution in [1.82, 2.24) is 0 Å². The molecule has 0 saturated carbocycles. The quantitative estimate of drug-likeness (QED) is 0.466. The van der Waals surface area contributed by atoms with Crippen molar-refractivity contribution in [2.24, 2.45) is 0 Å². The van der Waals surface area contributed by atoms with Gasteiger partial charge in [0.05, 0.1) is 17.9 Å². The minimum atomic E-state index is -0.637. The summed E-state index contributed by atoms with van der Waals surface area (Å²) in [5.41, 5.74) is -0.528. The summed E-state index contributed by atoms with van der Waals surface area (Å²) in [6, 6.07) is 0. The van der Waals surface area contributed by atoms with Crippen molar-refractivity contribution in [3.63, 3.8) is 0 Å². The lowest BCUT2D eigenvalue weighted by molar-refractivity contribution is -0.150. The predicted molar refractivity (Wildman–Crippen MR) is 67.0 cm³/mol. The molecule has 5 nitrogen and oxygen atoms in total. The highest BCUT2D eigenvalue weighted by Crippen LogP contribution is 2.17. The first-order chi connectivity index (χ1) is 8.17. The minimum Gasteiger partial charge on any atom is -0.512 e. The molecular formula is C13H22O5. The highest BCUT2D eigenvalue weighted by atomic mass is 16.6. The van der Waals surface area contributed by atoms with Crippen LogP contribution in [0.2, 0.25) is 0 Å². The van der Waals surface area contributed by atoms with Crippen LogP contribution in [0.15, 0.2) is 11.3 Å². The summed E-state index contributed by atoms with van der Waals surface area (Å²) in [7, 11) is 0. The van der Waals surface area contributed by atoms with Crippen LogP contribution in [0.4, 0.5) is 0 Å². The van der Waals surface area contributed by atoms with Crippen LogP contribution in [-0.4, -0.2) is 29.3 Å². The average Bonchev–Trinajstić information content (AvgIpc) is 2.14. The zero-order valence-electron chi connectivity index (χ0n) is 11.7. The van der Waals surface area contributed by atoms with Crippen molar-refractivity contribution >= 4 is 11.9 Å². The number of aliphatic hydroxyl groups is 1. The van der Waals surface area contributed by atoms with E-state index in [9.17, 15) is 14.7 Å². The molecule has 0 fully saturated rings. The monoisotopic (exact) mass is 258 g/mol. The number of hydrogen-bond donors (Lipinski definition) is 1. The Morgan fingerprint density at radius 3 is 2.11 bits per heavy atom. The second-order valence-corrected chi connectivity index (χ2v) is 4.87. The second kappa shape index (κ2) is 7.03. The van der Waals surface area contributed by atoms with E-state index >= 15 is 0 Å². The molecule has 0 aliphatic rings. The molecule has 0 radical (unpaired) electrons. The third-order valence-electron chi connectivity index (χ3n) is 1.97. The lowest BCUT2D eigenvalue weighted by Crippen LogP contribution is -2.25. The third-order valence-corrected chi connectivity index (χ3v) is 1.97. The van der Waals surface area contributed by atoms with E-state index in [2.05, 4.69) is 0 Å². The highest BCUT2D eigenvalue weighted by molar-refractivity contribution is 5.89. The van der Waals surface area contributed by atoms with Gasteiger partial charge in [-0.2, -0.15) is 0 Å². The fourth-order valence-corrected chi connectivity index (χ4v) is 1.23. The van der Waals surface area contributed by atoms with Gasteiger partial charge < -0.3 is 14.6 Å². The van der Waals surface area contributed by atoms with E-state index in [-0.39, 0.29) is 24.2 Å². The molecule has 18 heavy (non-hydrogen) atoms. The van der Waals surface area contributed by atoms with Gasteiger partial charge in [-0.25, -0.2) is 4.79 Å². The second-order valence-electron chi connectivity index (χ2n) is 4.87. The number of hydrogen-bond acceptors (Lipinski definition) is 5. The van der Waals surface area contributed by atoms with Gasteiger partial charge in [0.2, 0.25) is 0 Å². The lowest BCUT2D eigenvalue weighted by Gasteiger charge is -2.20. The number of esters is 2. The molecular weight excluding hydrogens is 236 g/mol. The van der Waals surface area contributed by atoms with Gasteiger partial charge in [-0.1, -0.05) is 0 Å². The molecule has 0 heterocycles. The zero-order chi connectivity index (χ0) is 14.3. The van der Waals surface area contributed by atoms with Gasteiger partial charge in [0, 0.05) is 6.42 Å². The number of carbonyl (C=O) groups is 2. The number of ether oxygens (including phenoxy) is 2. The van der Waals surface area contributed by atoms with Crippen LogP contribution in [0.1, 0.15) is 47.5 Å². The van der Waals surface area contributed by atoms with Crippen molar-refractivity contribution < 1.29 is 24.2 Å². The largest absolute Gasteiger partial charge is 0.512 e. The summed E-state index contributed by atoms with van der Waals surface area (Å²) in [6.07, 6.45) is 0.149. The Labute approximate surface area is 108 Å². The Kier molecular flexibility index (Phi) is 6.44. The average molecular weight is 258 g/mol. The molecule has 0 spiro atoms. The molecule has 0 bridgehead atoms. The van der Waals surface area contributed by atoms with Gasteiger partial charge in [0.1, 0.15) is 5.60 Å². The van der Waals surface area contributed by atoms with Gasteiger partial charge in [-0.05, 0) is 41.0 Å². The molecule has 0 aromatic rings. The van der Waals surface area contributed by atoms with Gasteiger partial charge in [0.25, 0.3) is 0 Å². The van der Waals surface area contributed by atoms with Crippen molar-refractivity contribution in [3.8, 4) is 0 Å². The van der Waals surface area contributed by atoms with E-state index < -0.39 is 17.5 Å². The molecule has 0 aliphatic carbocycles. The fourth-order valence-electron chi connectivity index (χ4n) is 1.23. The Morgan fingerprint density at radius 1 is 1.17 bits per heavy atom. The first-order valence-corrected chi connectivity index (χ1v) is 5.95. The predicted octanol–water partition coefficient (Wildman–Crippen LogP) is 2.50. The molecule has 0 aromatic carbocycles. The molecule has 0 aliphatic heterocycles. The van der Waals surface area contributed by atoms with Crippen molar-refractivity contribution in [2.75, 3.05) is 6.61 Å². The summed E-state index contributed by atoms with van der Waals surface area (Å²) < 4.78 is 9.90. The van der Waals surface area contributed by atoms with Crippen LogP contribution in [-0.2, 0) is 19.1 Å². The van der Waals surface area contributed by atoms with E-state index in [1.807, 2.05) is 0 Å². The van der Waals surface area contributed by atoms with E-state index in [0.29, 0.717) is 6.61 Å². The Hall–Kier alpha value is -1.52. The topological polar surface area (TPSA) is 72.8 Å². The molecule has 0 amide bonds. The van der Waals surface area contributed by atoms with Crippen LogP contribution >= 0.6 is 0 Å². The normalized spacial score (nSPS) is 12.7. The van der Waals surface area contributed by atoms with E-state index in [4.69, 9.17) is 9.47 Å². The molecule has 104 valence electrons. The van der Waals surface area contributed by atoms with E-state index in [1.54, 1.807) is 27.7 Å². The first-order valence-electron chi connectivity index (χ1n) is 5.95. The summed E-state index contributed by atoms with van der Waals surface area (Å²) in [5.74, 6) is -1.14. The van der Waals surface area contributed by atoms with Crippen LogP contribution in [0, 0.1) is 0 Å². The number of rotatable bonds is 5. The van der Waals surface area contributed by atoms with Crippen molar-refractivity contribution in [2.45, 2.75) is 53.1 Å². The lowest BCUT2D eigenvalue weighted by atomic mass is 10.1. The first kappa shape index (κ1) is 16.5. The highest BCUT2D eigenvalue weighted by Gasteiger charge is 2.22. The smallest absolute Gasteiger partial charge is 0.337 e. The summed E-state index contributed by atoms with van der Waals surface area (Å²) in [5, 5.41) is 9.45. The zero-order valence-corrected chi connectivity index (χ0v) is 11.7. The third kappa shape index (κ3) is 6.93. The van der Waals surface area contributed by atoms with Crippen LogP contribution in [0.25, 0.3) is 0 Å². The van der Waals surface area contributed by atoms with Crippen LogP contribution in [0.5, 0.6) is 0 Å². The maximum atomic E-state index is 11.8. The molecule has 5 heteroatoms. The molecule has 0 unspecified atom stereocenters. The van der Waals surface area contributed by atoms with Crippen molar-refractivity contribution in [1.29, 1.82) is 0 Å². The van der Waals surface area contributed by atoms with Crippen LogP contribution in [0.3, 0.4) is 0 Å². The Balaban J connectivity index is 4.57. The number of carbonyl (C=O) groups excluding carboxylic acids is 2. The number of allylic oxidation sites excluding steroid dienone is 1. The van der Waals surface area contributed by atoms with Crippen molar-refractivity contribution in [3.05, 3.63) is 11.3 Å². The molecule has 0 aromatic heterocycles. The molecule has 0 atom stereocenters. The van der Waals surface area contributed by atoms with E-state index in [1.165, 1.54) is 6.92 Å². The van der Waals surface area contributed by atoms with Gasteiger partial charge in [-0.3, -0.25) is 4.79 Å². The maximum Gasteiger partial charge on any atom is 0.337 e. The Bertz CT molecular complexity index is 332. The summed E-state index contributed by atoms with van der Waals surface area (Å²) in [6.45, 7) is 8.61. The molecule has 0 saturated heterocycles. The molecule has 1 N–H and O–H groups in total. The standard InChI is InChI=1S/C13H22O5/c1-6-17-11(15)8-7-10(9(2)14)12(16)18-13(3,4)5/h14H,6-8H2,1-5H3/b10-9+. The molecule has 0 rings (SSSR count).